The summed E-state index contributed by atoms with van der Waals surface area (Å²) < 4.78 is 10.7. The standard InChI is InChI=1S/C22H30O3/c1-6-7-17-20(24-21(23)25-22(3,4)5)18(2)13-11-12-16-19-14-9-8-10-15-19/h8-10,14-15,20H,2,6-7,11,13,17H2,1,3-5H3. The molecule has 0 N–H and O–H groups in total. The molecule has 0 aliphatic rings. The van der Waals surface area contributed by atoms with Crippen LogP contribution >= 0.6 is 0 Å². The van der Waals surface area contributed by atoms with Crippen molar-refractivity contribution >= 4 is 6.16 Å². The third-order valence-electron chi connectivity index (χ3n) is 3.48. The fourth-order valence-corrected chi connectivity index (χ4v) is 2.20. The molecule has 0 aromatic heterocycles. The average Bonchev–Trinajstić information content (AvgIpc) is 2.54. The zero-order chi connectivity index (χ0) is 18.7. The maximum atomic E-state index is 11.9. The van der Waals surface area contributed by atoms with Crippen LogP contribution in [0, 0.1) is 11.8 Å². The molecule has 1 aromatic rings. The first-order valence-electron chi connectivity index (χ1n) is 8.93. The van der Waals surface area contributed by atoms with Crippen LogP contribution in [0.3, 0.4) is 0 Å². The molecule has 0 heterocycles. The van der Waals surface area contributed by atoms with Gasteiger partial charge in [0.2, 0.25) is 0 Å². The van der Waals surface area contributed by atoms with E-state index in [1.165, 1.54) is 0 Å². The summed E-state index contributed by atoms with van der Waals surface area (Å²) in [6.07, 6.45) is 3.22. The lowest BCUT2D eigenvalue weighted by Crippen LogP contribution is -2.28. The van der Waals surface area contributed by atoms with Crippen LogP contribution in [0.1, 0.15) is 65.4 Å². The van der Waals surface area contributed by atoms with Crippen molar-refractivity contribution in [1.82, 2.24) is 0 Å². The second-order valence-corrected chi connectivity index (χ2v) is 7.04. The fraction of sp³-hybridized carbons (Fsp3) is 0.500. The summed E-state index contributed by atoms with van der Waals surface area (Å²) in [5.74, 6) is 6.28. The molecular weight excluding hydrogens is 312 g/mol. The van der Waals surface area contributed by atoms with E-state index in [9.17, 15) is 4.79 Å². The highest BCUT2D eigenvalue weighted by Crippen LogP contribution is 2.19. The molecule has 0 spiro atoms. The molecule has 1 unspecified atom stereocenters. The van der Waals surface area contributed by atoms with E-state index in [4.69, 9.17) is 9.47 Å². The summed E-state index contributed by atoms with van der Waals surface area (Å²) in [5, 5.41) is 0. The molecule has 0 saturated heterocycles. The molecule has 0 aliphatic heterocycles. The molecule has 3 heteroatoms. The molecule has 1 aromatic carbocycles. The van der Waals surface area contributed by atoms with Gasteiger partial charge in [0.1, 0.15) is 11.7 Å². The van der Waals surface area contributed by atoms with E-state index in [0.717, 1.165) is 30.4 Å². The number of benzene rings is 1. The van der Waals surface area contributed by atoms with Crippen molar-refractivity contribution in [2.24, 2.45) is 0 Å². The Balaban J connectivity index is 2.55. The summed E-state index contributed by atoms with van der Waals surface area (Å²) in [7, 11) is 0. The molecule has 25 heavy (non-hydrogen) atoms. The smallest absolute Gasteiger partial charge is 0.429 e. The molecule has 1 rings (SSSR count). The third kappa shape index (κ3) is 9.62. The number of hydrogen-bond donors (Lipinski definition) is 0. The van der Waals surface area contributed by atoms with Gasteiger partial charge in [-0.05, 0) is 57.7 Å². The van der Waals surface area contributed by atoms with Crippen molar-refractivity contribution in [3.8, 4) is 11.8 Å². The molecule has 0 amide bonds. The Morgan fingerprint density at radius 1 is 1.24 bits per heavy atom. The molecule has 0 saturated carbocycles. The van der Waals surface area contributed by atoms with Gasteiger partial charge in [-0.25, -0.2) is 4.79 Å². The van der Waals surface area contributed by atoms with Crippen LogP contribution in [0.4, 0.5) is 4.79 Å². The van der Waals surface area contributed by atoms with Gasteiger partial charge in [0, 0.05) is 12.0 Å². The van der Waals surface area contributed by atoms with Crippen LogP contribution in [-0.4, -0.2) is 17.9 Å². The molecule has 0 bridgehead atoms. The summed E-state index contributed by atoms with van der Waals surface area (Å²) in [6.45, 7) is 11.7. The summed E-state index contributed by atoms with van der Waals surface area (Å²) in [6, 6.07) is 9.88. The Labute approximate surface area is 152 Å². The predicted molar refractivity (Wildman–Crippen MR) is 102 cm³/mol. The molecule has 1 atom stereocenters. The Morgan fingerprint density at radius 2 is 1.92 bits per heavy atom. The quantitative estimate of drug-likeness (QED) is 0.352. The Hall–Kier alpha value is -2.21. The average molecular weight is 342 g/mol. The highest BCUT2D eigenvalue weighted by molar-refractivity contribution is 5.61. The van der Waals surface area contributed by atoms with Crippen LogP contribution < -0.4 is 0 Å². The molecule has 0 fully saturated rings. The van der Waals surface area contributed by atoms with Crippen LogP contribution in [0.5, 0.6) is 0 Å². The van der Waals surface area contributed by atoms with E-state index >= 15 is 0 Å². The Kier molecular flexibility index (Phi) is 8.84. The van der Waals surface area contributed by atoms with Gasteiger partial charge >= 0.3 is 6.16 Å². The van der Waals surface area contributed by atoms with Crippen LogP contribution in [-0.2, 0) is 9.47 Å². The van der Waals surface area contributed by atoms with E-state index < -0.39 is 11.8 Å². The van der Waals surface area contributed by atoms with Gasteiger partial charge in [0.25, 0.3) is 0 Å². The maximum Gasteiger partial charge on any atom is 0.509 e. The summed E-state index contributed by atoms with van der Waals surface area (Å²) in [4.78, 5) is 11.9. The van der Waals surface area contributed by atoms with Gasteiger partial charge < -0.3 is 9.47 Å². The lowest BCUT2D eigenvalue weighted by molar-refractivity contribution is -0.0221. The largest absolute Gasteiger partial charge is 0.509 e. The number of unbranched alkanes of at least 4 members (excludes halogenated alkanes) is 1. The van der Waals surface area contributed by atoms with Gasteiger partial charge in [-0.15, -0.1) is 0 Å². The van der Waals surface area contributed by atoms with Crippen molar-refractivity contribution < 1.29 is 14.3 Å². The highest BCUT2D eigenvalue weighted by Gasteiger charge is 2.22. The van der Waals surface area contributed by atoms with E-state index in [-0.39, 0.29) is 6.10 Å². The highest BCUT2D eigenvalue weighted by atomic mass is 16.7. The van der Waals surface area contributed by atoms with Crippen LogP contribution in [0.15, 0.2) is 42.5 Å². The van der Waals surface area contributed by atoms with Crippen molar-refractivity contribution in [3.05, 3.63) is 48.0 Å². The fourth-order valence-electron chi connectivity index (χ4n) is 2.20. The minimum absolute atomic E-state index is 0.312. The van der Waals surface area contributed by atoms with E-state index in [2.05, 4.69) is 25.3 Å². The van der Waals surface area contributed by atoms with Crippen LogP contribution in [0.2, 0.25) is 0 Å². The number of rotatable bonds is 7. The van der Waals surface area contributed by atoms with Gasteiger partial charge in [0.05, 0.1) is 0 Å². The van der Waals surface area contributed by atoms with E-state index in [1.807, 2.05) is 51.1 Å². The molecule has 0 aliphatic carbocycles. The van der Waals surface area contributed by atoms with Crippen molar-refractivity contribution in [2.75, 3.05) is 0 Å². The topological polar surface area (TPSA) is 35.5 Å². The number of ether oxygens (including phenoxy) is 2. The van der Waals surface area contributed by atoms with Gasteiger partial charge in [-0.2, -0.15) is 0 Å². The van der Waals surface area contributed by atoms with E-state index in [1.54, 1.807) is 0 Å². The monoisotopic (exact) mass is 342 g/mol. The normalized spacial score (nSPS) is 11.8. The minimum Gasteiger partial charge on any atom is -0.429 e. The number of carbonyl (C=O) groups is 1. The zero-order valence-electron chi connectivity index (χ0n) is 15.9. The second kappa shape index (κ2) is 10.6. The van der Waals surface area contributed by atoms with Gasteiger partial charge in [0.15, 0.2) is 0 Å². The van der Waals surface area contributed by atoms with Gasteiger partial charge in [-0.3, -0.25) is 0 Å². The minimum atomic E-state index is -0.634. The lowest BCUT2D eigenvalue weighted by Gasteiger charge is -2.23. The predicted octanol–water partition coefficient (Wildman–Crippen LogP) is 5.89. The second-order valence-electron chi connectivity index (χ2n) is 7.04. The van der Waals surface area contributed by atoms with Crippen LogP contribution in [0.25, 0.3) is 0 Å². The van der Waals surface area contributed by atoms with Gasteiger partial charge in [-0.1, -0.05) is 50.0 Å². The molecule has 136 valence electrons. The first-order chi connectivity index (χ1) is 11.8. The Bertz CT molecular complexity index is 600. The van der Waals surface area contributed by atoms with E-state index in [0.29, 0.717) is 12.8 Å². The SMILES string of the molecule is C=C(CCC#Cc1ccccc1)C(CCCC)OC(=O)OC(C)(C)C. The first kappa shape index (κ1) is 20.8. The zero-order valence-corrected chi connectivity index (χ0v) is 15.9. The summed E-state index contributed by atoms with van der Waals surface area (Å²) >= 11 is 0. The van der Waals surface area contributed by atoms with Crippen molar-refractivity contribution in [3.63, 3.8) is 0 Å². The first-order valence-corrected chi connectivity index (χ1v) is 8.93. The third-order valence-corrected chi connectivity index (χ3v) is 3.48. The van der Waals surface area contributed by atoms with Crippen molar-refractivity contribution in [1.29, 1.82) is 0 Å². The number of carbonyl (C=O) groups excluding carboxylic acids is 1. The number of hydrogen-bond acceptors (Lipinski definition) is 3. The molecular formula is C22H30O3. The van der Waals surface area contributed by atoms with Crippen molar-refractivity contribution in [2.45, 2.75) is 71.5 Å². The molecule has 0 radical (unpaired) electrons. The maximum absolute atomic E-state index is 11.9. The molecule has 3 nitrogen and oxygen atoms in total. The Morgan fingerprint density at radius 3 is 2.52 bits per heavy atom. The lowest BCUT2D eigenvalue weighted by atomic mass is 10.0. The summed E-state index contributed by atoms with van der Waals surface area (Å²) in [5.41, 5.74) is 1.33.